The molecule has 0 fully saturated rings. The molecule has 0 aliphatic carbocycles. The topological polar surface area (TPSA) is 22.0 Å². The lowest BCUT2D eigenvalue weighted by molar-refractivity contribution is 0.153. The Bertz CT molecular complexity index is 622. The van der Waals surface area contributed by atoms with Gasteiger partial charge in [0.2, 0.25) is 0 Å². The molecule has 0 atom stereocenters. The molecule has 0 spiro atoms. The highest BCUT2D eigenvalue weighted by molar-refractivity contribution is 9.10. The molecule has 90 valence electrons. The number of nitrogens with zero attached hydrogens (tertiary/aromatic N) is 1. The van der Waals surface area contributed by atoms with Crippen molar-refractivity contribution >= 4 is 26.8 Å². The summed E-state index contributed by atoms with van der Waals surface area (Å²) in [5, 5.41) is 0.413. The first kappa shape index (κ1) is 12.2. The Balaban J connectivity index is 2.94. The Labute approximate surface area is 105 Å². The van der Waals surface area contributed by atoms with Gasteiger partial charge in [-0.2, -0.15) is 0 Å². The average Bonchev–Trinajstić information content (AvgIpc) is 2.28. The Hall–Kier alpha value is -1.23. The van der Waals surface area contributed by atoms with Crippen molar-refractivity contribution in [2.24, 2.45) is 0 Å². The highest BCUT2D eigenvalue weighted by Crippen LogP contribution is 2.28. The predicted molar refractivity (Wildman–Crippen MR) is 66.5 cm³/mol. The summed E-state index contributed by atoms with van der Waals surface area (Å²) in [6.45, 7) is 2.27. The number of aryl methyl sites for hydroxylation is 1. The number of halogens is 3. The second-order valence-corrected chi connectivity index (χ2v) is 4.56. The second-order valence-electron chi connectivity index (χ2n) is 3.64. The molecule has 2 nitrogen and oxygen atoms in total. The number of pyridine rings is 1. The fourth-order valence-electron chi connectivity index (χ4n) is 1.89. The van der Waals surface area contributed by atoms with Crippen LogP contribution in [0.4, 0.5) is 8.78 Å². The summed E-state index contributed by atoms with van der Waals surface area (Å²) in [4.78, 5) is 11.7. The number of alkyl halides is 2. The van der Waals surface area contributed by atoms with E-state index in [-0.39, 0.29) is 5.56 Å². The molecule has 5 heteroatoms. The Morgan fingerprint density at radius 2 is 2.06 bits per heavy atom. The molecule has 0 amide bonds. The van der Waals surface area contributed by atoms with E-state index in [1.54, 1.807) is 18.2 Å². The largest absolute Gasteiger partial charge is 0.309 e. The van der Waals surface area contributed by atoms with Crippen LogP contribution in [0.2, 0.25) is 0 Å². The molecule has 0 saturated carbocycles. The lowest BCUT2D eigenvalue weighted by atomic mass is 10.1. The van der Waals surface area contributed by atoms with Crippen LogP contribution in [0.1, 0.15) is 18.9 Å². The average molecular weight is 302 g/mol. The van der Waals surface area contributed by atoms with Crippen LogP contribution in [0, 0.1) is 0 Å². The number of rotatable bonds is 2. The molecular formula is C12H10BrF2NO. The second kappa shape index (κ2) is 4.56. The van der Waals surface area contributed by atoms with E-state index in [1.807, 2.05) is 6.92 Å². The molecule has 17 heavy (non-hydrogen) atoms. The molecular weight excluding hydrogens is 292 g/mol. The summed E-state index contributed by atoms with van der Waals surface area (Å²) in [5.74, 6) is 0. The van der Waals surface area contributed by atoms with Crippen molar-refractivity contribution in [1.29, 1.82) is 0 Å². The SMILES string of the molecule is CCn1c(=O)cc(C(F)F)c2cc(Br)ccc21. The lowest BCUT2D eigenvalue weighted by Crippen LogP contribution is -2.19. The van der Waals surface area contributed by atoms with Gasteiger partial charge in [0.25, 0.3) is 12.0 Å². The fraction of sp³-hybridized carbons (Fsp3) is 0.250. The highest BCUT2D eigenvalue weighted by atomic mass is 79.9. The van der Waals surface area contributed by atoms with Gasteiger partial charge in [0.05, 0.1) is 5.52 Å². The Morgan fingerprint density at radius 1 is 1.35 bits per heavy atom. The fourth-order valence-corrected chi connectivity index (χ4v) is 2.25. The number of hydrogen-bond donors (Lipinski definition) is 0. The Kier molecular flexibility index (Phi) is 3.28. The van der Waals surface area contributed by atoms with Crippen LogP contribution in [0.25, 0.3) is 10.9 Å². The lowest BCUT2D eigenvalue weighted by Gasteiger charge is -2.11. The molecule has 0 bridgehead atoms. The minimum atomic E-state index is -2.65. The van der Waals surface area contributed by atoms with E-state index < -0.39 is 12.0 Å². The molecule has 1 aromatic carbocycles. The third-order valence-corrected chi connectivity index (χ3v) is 3.15. The molecule has 2 aromatic rings. The van der Waals surface area contributed by atoms with Gasteiger partial charge in [-0.15, -0.1) is 0 Å². The van der Waals surface area contributed by atoms with Crippen molar-refractivity contribution in [3.05, 3.63) is 44.7 Å². The van der Waals surface area contributed by atoms with E-state index >= 15 is 0 Å². The molecule has 1 heterocycles. The normalized spacial score (nSPS) is 11.4. The van der Waals surface area contributed by atoms with Gasteiger partial charge in [0, 0.05) is 28.0 Å². The van der Waals surface area contributed by atoms with Crippen LogP contribution in [0.5, 0.6) is 0 Å². The van der Waals surface area contributed by atoms with Crippen LogP contribution in [-0.2, 0) is 6.54 Å². The van der Waals surface area contributed by atoms with E-state index in [2.05, 4.69) is 15.9 Å². The first-order valence-corrected chi connectivity index (χ1v) is 5.95. The molecule has 0 aliphatic heterocycles. The zero-order valence-electron chi connectivity index (χ0n) is 9.08. The maximum atomic E-state index is 12.9. The maximum absolute atomic E-state index is 12.9. The molecule has 0 N–H and O–H groups in total. The zero-order valence-corrected chi connectivity index (χ0v) is 10.7. The van der Waals surface area contributed by atoms with Gasteiger partial charge in [0.15, 0.2) is 0 Å². The number of benzene rings is 1. The van der Waals surface area contributed by atoms with E-state index in [0.717, 1.165) is 6.07 Å². The van der Waals surface area contributed by atoms with Gasteiger partial charge in [-0.25, -0.2) is 8.78 Å². The summed E-state index contributed by atoms with van der Waals surface area (Å²) in [7, 11) is 0. The van der Waals surface area contributed by atoms with Gasteiger partial charge in [-0.1, -0.05) is 15.9 Å². The van der Waals surface area contributed by atoms with E-state index in [1.165, 1.54) is 4.57 Å². The molecule has 2 rings (SSSR count). The van der Waals surface area contributed by atoms with Crippen molar-refractivity contribution in [2.75, 3.05) is 0 Å². The quantitative estimate of drug-likeness (QED) is 0.828. The number of fused-ring (bicyclic) bond motifs is 1. The van der Waals surface area contributed by atoms with Crippen LogP contribution >= 0.6 is 15.9 Å². The van der Waals surface area contributed by atoms with Crippen molar-refractivity contribution < 1.29 is 8.78 Å². The number of aromatic nitrogens is 1. The van der Waals surface area contributed by atoms with E-state index in [4.69, 9.17) is 0 Å². The summed E-state index contributed by atoms with van der Waals surface area (Å²) in [6, 6.07) is 6.05. The van der Waals surface area contributed by atoms with Crippen LogP contribution in [0.15, 0.2) is 33.5 Å². The van der Waals surface area contributed by atoms with Crippen molar-refractivity contribution in [1.82, 2.24) is 4.57 Å². The van der Waals surface area contributed by atoms with Crippen LogP contribution < -0.4 is 5.56 Å². The number of hydrogen-bond acceptors (Lipinski definition) is 1. The standard InChI is InChI=1S/C12H10BrF2NO/c1-2-16-10-4-3-7(13)5-8(10)9(12(14)15)6-11(16)17/h3-6,12H,2H2,1H3. The zero-order chi connectivity index (χ0) is 12.6. The van der Waals surface area contributed by atoms with Gasteiger partial charge in [-0.3, -0.25) is 4.79 Å². The van der Waals surface area contributed by atoms with Crippen LogP contribution in [0.3, 0.4) is 0 Å². The molecule has 0 radical (unpaired) electrons. The summed E-state index contributed by atoms with van der Waals surface area (Å²) < 4.78 is 28.0. The summed E-state index contributed by atoms with van der Waals surface area (Å²) in [5.41, 5.74) is -0.0628. The van der Waals surface area contributed by atoms with Crippen molar-refractivity contribution in [3.63, 3.8) is 0 Å². The van der Waals surface area contributed by atoms with Gasteiger partial charge in [-0.05, 0) is 25.1 Å². The predicted octanol–water partition coefficient (Wildman–Crippen LogP) is 3.72. The minimum Gasteiger partial charge on any atom is -0.309 e. The van der Waals surface area contributed by atoms with Crippen LogP contribution in [-0.4, -0.2) is 4.57 Å². The molecule has 1 aromatic heterocycles. The van der Waals surface area contributed by atoms with Gasteiger partial charge in [0.1, 0.15) is 0 Å². The third kappa shape index (κ3) is 2.11. The molecule has 0 unspecified atom stereocenters. The summed E-state index contributed by atoms with van der Waals surface area (Å²) in [6.07, 6.45) is -2.65. The first-order chi connectivity index (χ1) is 8.04. The van der Waals surface area contributed by atoms with Gasteiger partial charge < -0.3 is 4.57 Å². The Morgan fingerprint density at radius 3 is 2.65 bits per heavy atom. The van der Waals surface area contributed by atoms with E-state index in [9.17, 15) is 13.6 Å². The third-order valence-electron chi connectivity index (χ3n) is 2.66. The molecule has 0 aliphatic rings. The smallest absolute Gasteiger partial charge is 0.264 e. The van der Waals surface area contributed by atoms with Crippen molar-refractivity contribution in [3.8, 4) is 0 Å². The first-order valence-electron chi connectivity index (χ1n) is 5.15. The minimum absolute atomic E-state index is 0.212. The van der Waals surface area contributed by atoms with E-state index in [0.29, 0.717) is 21.9 Å². The monoisotopic (exact) mass is 301 g/mol. The van der Waals surface area contributed by atoms with Crippen molar-refractivity contribution in [2.45, 2.75) is 19.9 Å². The van der Waals surface area contributed by atoms with Gasteiger partial charge >= 0.3 is 0 Å². The highest BCUT2D eigenvalue weighted by Gasteiger charge is 2.15. The molecule has 0 saturated heterocycles. The summed E-state index contributed by atoms with van der Waals surface area (Å²) >= 11 is 3.25. The maximum Gasteiger partial charge on any atom is 0.264 e.